The van der Waals surface area contributed by atoms with Crippen molar-refractivity contribution in [2.45, 2.75) is 4.21 Å². The Kier molecular flexibility index (Phi) is 6.88. The minimum atomic E-state index is -0.345. The Labute approximate surface area is 181 Å². The molecule has 0 aliphatic rings. The molecule has 10 heteroatoms. The van der Waals surface area contributed by atoms with Crippen molar-refractivity contribution in [1.29, 1.82) is 0 Å². The summed E-state index contributed by atoms with van der Waals surface area (Å²) in [5.41, 5.74) is 2.46. The van der Waals surface area contributed by atoms with Crippen molar-refractivity contribution in [2.75, 3.05) is 40.0 Å². The van der Waals surface area contributed by atoms with Crippen LogP contribution in [0, 0.1) is 0 Å². The van der Waals surface area contributed by atoms with Crippen LogP contribution >= 0.6 is 34.4 Å². The fraction of sp³-hybridized carbons (Fsp3) is 0.263. The number of thiazole rings is 1. The number of esters is 1. The van der Waals surface area contributed by atoms with E-state index in [0.29, 0.717) is 27.3 Å². The maximum absolute atomic E-state index is 11.9. The first-order valence-electron chi connectivity index (χ1n) is 8.33. The SMILES string of the molecule is COC(=O)c1cc(-c2csc(Nc3cc(OC)c(OC)c(OC)c3)n2)c(SC)s1. The van der Waals surface area contributed by atoms with Crippen molar-refractivity contribution in [2.24, 2.45) is 0 Å². The number of thioether (sulfide) groups is 1. The normalized spacial score (nSPS) is 10.5. The fourth-order valence-corrected chi connectivity index (χ4v) is 5.17. The largest absolute Gasteiger partial charge is 0.493 e. The molecule has 2 aromatic heterocycles. The number of nitrogens with zero attached hydrogens (tertiary/aromatic N) is 1. The molecule has 0 aliphatic carbocycles. The zero-order chi connectivity index (χ0) is 21.0. The number of anilines is 2. The summed E-state index contributed by atoms with van der Waals surface area (Å²) in [5, 5.41) is 5.92. The number of ether oxygens (including phenoxy) is 4. The molecule has 0 fully saturated rings. The molecule has 3 aromatic rings. The number of carbonyl (C=O) groups excluding carboxylic acids is 1. The van der Waals surface area contributed by atoms with E-state index in [2.05, 4.69) is 10.3 Å². The lowest BCUT2D eigenvalue weighted by atomic mass is 10.2. The molecule has 1 N–H and O–H groups in total. The zero-order valence-corrected chi connectivity index (χ0v) is 19.0. The molecule has 0 saturated heterocycles. The number of thiophene rings is 1. The lowest BCUT2D eigenvalue weighted by Gasteiger charge is -2.14. The van der Waals surface area contributed by atoms with Crippen LogP contribution in [0.25, 0.3) is 11.3 Å². The summed E-state index contributed by atoms with van der Waals surface area (Å²) < 4.78 is 22.0. The van der Waals surface area contributed by atoms with Gasteiger partial charge in [0.25, 0.3) is 0 Å². The molecule has 3 rings (SSSR count). The second-order valence-electron chi connectivity index (χ2n) is 5.58. The quantitative estimate of drug-likeness (QED) is 0.371. The van der Waals surface area contributed by atoms with Crippen molar-refractivity contribution in [3.63, 3.8) is 0 Å². The number of aromatic nitrogens is 1. The maximum atomic E-state index is 11.9. The topological polar surface area (TPSA) is 78.9 Å². The van der Waals surface area contributed by atoms with Crippen LogP contribution in [-0.2, 0) is 4.74 Å². The van der Waals surface area contributed by atoms with E-state index >= 15 is 0 Å². The summed E-state index contributed by atoms with van der Waals surface area (Å²) in [4.78, 5) is 17.1. The predicted molar refractivity (Wildman–Crippen MR) is 118 cm³/mol. The minimum Gasteiger partial charge on any atom is -0.493 e. The van der Waals surface area contributed by atoms with Crippen LogP contribution in [0.4, 0.5) is 10.8 Å². The summed E-state index contributed by atoms with van der Waals surface area (Å²) in [6.07, 6.45) is 1.97. The van der Waals surface area contributed by atoms with Crippen LogP contribution in [0.15, 0.2) is 27.8 Å². The first-order chi connectivity index (χ1) is 14.0. The molecule has 0 saturated carbocycles. The smallest absolute Gasteiger partial charge is 0.348 e. The second-order valence-corrected chi connectivity index (χ2v) is 8.57. The Morgan fingerprint density at radius 1 is 1.07 bits per heavy atom. The highest BCUT2D eigenvalue weighted by Crippen LogP contribution is 2.42. The zero-order valence-electron chi connectivity index (χ0n) is 16.5. The van der Waals surface area contributed by atoms with Gasteiger partial charge in [0.2, 0.25) is 5.75 Å². The summed E-state index contributed by atoms with van der Waals surface area (Å²) in [6, 6.07) is 5.45. The summed E-state index contributed by atoms with van der Waals surface area (Å²) >= 11 is 4.44. The molecular weight excluding hydrogens is 432 g/mol. The van der Waals surface area contributed by atoms with Gasteiger partial charge in [0.05, 0.1) is 38.3 Å². The van der Waals surface area contributed by atoms with Gasteiger partial charge in [-0.3, -0.25) is 0 Å². The van der Waals surface area contributed by atoms with E-state index in [9.17, 15) is 4.79 Å². The third-order valence-electron chi connectivity index (χ3n) is 3.97. The lowest BCUT2D eigenvalue weighted by molar-refractivity contribution is 0.0606. The number of hydrogen-bond acceptors (Lipinski definition) is 10. The molecular formula is C19H20N2O5S3. The number of rotatable bonds is 8. The van der Waals surface area contributed by atoms with Gasteiger partial charge in [0.1, 0.15) is 4.88 Å². The Morgan fingerprint density at radius 2 is 1.76 bits per heavy atom. The van der Waals surface area contributed by atoms with E-state index in [1.54, 1.807) is 33.1 Å². The average Bonchev–Trinajstić information content (AvgIpc) is 3.38. The predicted octanol–water partition coefficient (Wildman–Crippen LogP) is 5.15. The Balaban J connectivity index is 1.90. The van der Waals surface area contributed by atoms with E-state index in [4.69, 9.17) is 18.9 Å². The van der Waals surface area contributed by atoms with Crippen molar-refractivity contribution in [1.82, 2.24) is 4.98 Å². The number of nitrogens with one attached hydrogen (secondary N) is 1. The van der Waals surface area contributed by atoms with Gasteiger partial charge in [-0.05, 0) is 12.3 Å². The van der Waals surface area contributed by atoms with Crippen molar-refractivity contribution in [3.8, 4) is 28.5 Å². The molecule has 0 unspecified atom stereocenters. The Morgan fingerprint density at radius 3 is 2.31 bits per heavy atom. The van der Waals surface area contributed by atoms with Crippen molar-refractivity contribution < 1.29 is 23.7 Å². The summed E-state index contributed by atoms with van der Waals surface area (Å²) in [7, 11) is 6.08. The second kappa shape index (κ2) is 9.38. The van der Waals surface area contributed by atoms with Gasteiger partial charge in [-0.15, -0.1) is 34.4 Å². The van der Waals surface area contributed by atoms with E-state index < -0.39 is 0 Å². The molecule has 2 heterocycles. The standard InChI is InChI=1S/C19H20N2O5S3/c1-23-13-6-10(7-14(24-2)16(13)25-3)20-19-21-12(9-28-19)11-8-15(17(22)26-4)29-18(11)27-5/h6-9H,1-5H3,(H,20,21). The summed E-state index contributed by atoms with van der Waals surface area (Å²) in [5.74, 6) is 1.29. The number of carbonyl (C=O) groups is 1. The van der Waals surface area contributed by atoms with E-state index in [0.717, 1.165) is 21.2 Å². The first-order valence-corrected chi connectivity index (χ1v) is 11.3. The van der Waals surface area contributed by atoms with Crippen LogP contribution in [-0.4, -0.2) is 45.6 Å². The van der Waals surface area contributed by atoms with Gasteiger partial charge in [0.15, 0.2) is 16.6 Å². The number of methoxy groups -OCH3 is 4. The van der Waals surface area contributed by atoms with E-state index in [1.807, 2.05) is 29.8 Å². The van der Waals surface area contributed by atoms with Crippen LogP contribution in [0.5, 0.6) is 17.2 Å². The van der Waals surface area contributed by atoms with E-state index in [-0.39, 0.29) is 5.97 Å². The molecule has 0 atom stereocenters. The summed E-state index contributed by atoms with van der Waals surface area (Å²) in [6.45, 7) is 0. The molecule has 1 aromatic carbocycles. The minimum absolute atomic E-state index is 0.345. The molecule has 7 nitrogen and oxygen atoms in total. The van der Waals surface area contributed by atoms with Gasteiger partial charge in [-0.25, -0.2) is 9.78 Å². The van der Waals surface area contributed by atoms with Crippen molar-refractivity contribution in [3.05, 3.63) is 28.5 Å². The Hall–Kier alpha value is -2.43. The van der Waals surface area contributed by atoms with Gasteiger partial charge in [-0.1, -0.05) is 0 Å². The molecule has 0 radical (unpaired) electrons. The number of hydrogen-bond donors (Lipinski definition) is 1. The third-order valence-corrected chi connectivity index (χ3v) is 6.97. The van der Waals surface area contributed by atoms with Crippen LogP contribution in [0.2, 0.25) is 0 Å². The fourth-order valence-electron chi connectivity index (χ4n) is 2.64. The highest BCUT2D eigenvalue weighted by molar-refractivity contribution is 8.00. The van der Waals surface area contributed by atoms with Crippen LogP contribution < -0.4 is 19.5 Å². The highest BCUT2D eigenvalue weighted by atomic mass is 32.2. The van der Waals surface area contributed by atoms with Gasteiger partial charge >= 0.3 is 5.97 Å². The molecule has 0 amide bonds. The van der Waals surface area contributed by atoms with Crippen LogP contribution in [0.3, 0.4) is 0 Å². The first kappa shape index (κ1) is 21.3. The molecule has 29 heavy (non-hydrogen) atoms. The molecule has 0 aliphatic heterocycles. The molecule has 0 spiro atoms. The van der Waals surface area contributed by atoms with Gasteiger partial charge in [0, 0.05) is 28.8 Å². The van der Waals surface area contributed by atoms with Crippen molar-refractivity contribution >= 4 is 51.2 Å². The third kappa shape index (κ3) is 4.44. The monoisotopic (exact) mass is 452 g/mol. The molecule has 0 bridgehead atoms. The van der Waals surface area contributed by atoms with Gasteiger partial charge < -0.3 is 24.3 Å². The molecule has 154 valence electrons. The Bertz CT molecular complexity index is 990. The van der Waals surface area contributed by atoms with E-state index in [1.165, 1.54) is 29.8 Å². The average molecular weight is 453 g/mol. The number of benzene rings is 1. The van der Waals surface area contributed by atoms with Crippen LogP contribution in [0.1, 0.15) is 9.67 Å². The highest BCUT2D eigenvalue weighted by Gasteiger charge is 2.19. The maximum Gasteiger partial charge on any atom is 0.348 e. The lowest BCUT2D eigenvalue weighted by Crippen LogP contribution is -1.97. The van der Waals surface area contributed by atoms with Gasteiger partial charge in [-0.2, -0.15) is 0 Å².